The minimum atomic E-state index is -0.304. The summed E-state index contributed by atoms with van der Waals surface area (Å²) in [6, 6.07) is 5.88. The summed E-state index contributed by atoms with van der Waals surface area (Å²) in [6.45, 7) is 8.53. The largest absolute Gasteiger partial charge is 0.494 e. The van der Waals surface area contributed by atoms with E-state index in [-0.39, 0.29) is 11.9 Å². The predicted molar refractivity (Wildman–Crippen MR) is 86.4 cm³/mol. The highest BCUT2D eigenvalue weighted by Gasteiger charge is 2.09. The summed E-state index contributed by atoms with van der Waals surface area (Å²) in [7, 11) is 3.63. The van der Waals surface area contributed by atoms with E-state index in [1.165, 1.54) is 13.5 Å². The highest BCUT2D eigenvalue weighted by atomic mass is 19.1. The fourth-order valence-corrected chi connectivity index (χ4v) is 2.13. The maximum Gasteiger partial charge on any atom is 0.165 e. The molecule has 120 valence electrons. The van der Waals surface area contributed by atoms with Gasteiger partial charge in [0.05, 0.1) is 7.11 Å². The number of ether oxygens (including phenoxy) is 1. The first-order valence-electron chi connectivity index (χ1n) is 7.72. The van der Waals surface area contributed by atoms with Gasteiger partial charge in [-0.2, -0.15) is 0 Å². The van der Waals surface area contributed by atoms with Crippen LogP contribution in [0.3, 0.4) is 0 Å². The van der Waals surface area contributed by atoms with Gasteiger partial charge in [-0.3, -0.25) is 0 Å². The number of methoxy groups -OCH3 is 1. The molecule has 3 nitrogen and oxygen atoms in total. The van der Waals surface area contributed by atoms with E-state index in [4.69, 9.17) is 4.74 Å². The maximum atomic E-state index is 13.7. The Labute approximate surface area is 128 Å². The van der Waals surface area contributed by atoms with E-state index in [0.29, 0.717) is 11.8 Å². The quantitative estimate of drug-likeness (QED) is 0.705. The Bertz CT molecular complexity index is 423. The molecule has 1 aromatic carbocycles. The van der Waals surface area contributed by atoms with E-state index in [0.717, 1.165) is 25.1 Å². The van der Waals surface area contributed by atoms with Crippen molar-refractivity contribution in [2.24, 2.45) is 0 Å². The zero-order chi connectivity index (χ0) is 15.8. The summed E-state index contributed by atoms with van der Waals surface area (Å²) in [6.07, 6.45) is 2.30. The smallest absolute Gasteiger partial charge is 0.165 e. The van der Waals surface area contributed by atoms with E-state index in [1.807, 2.05) is 6.07 Å². The third-order valence-electron chi connectivity index (χ3n) is 3.95. The Morgan fingerprint density at radius 3 is 2.52 bits per heavy atom. The van der Waals surface area contributed by atoms with Gasteiger partial charge in [-0.1, -0.05) is 6.07 Å². The number of nitrogens with zero attached hydrogens (tertiary/aromatic N) is 1. The normalized spacial score (nSPS) is 13.0. The van der Waals surface area contributed by atoms with E-state index >= 15 is 0 Å². The number of hydrogen-bond donors (Lipinski definition) is 1. The van der Waals surface area contributed by atoms with Crippen LogP contribution < -0.4 is 10.1 Å². The summed E-state index contributed by atoms with van der Waals surface area (Å²) >= 11 is 0. The molecule has 0 aliphatic carbocycles. The number of rotatable bonds is 9. The molecule has 0 aliphatic heterocycles. The highest BCUT2D eigenvalue weighted by Crippen LogP contribution is 2.21. The summed E-state index contributed by atoms with van der Waals surface area (Å²) in [5, 5.41) is 3.44. The van der Waals surface area contributed by atoms with Gasteiger partial charge in [-0.15, -0.1) is 0 Å². The van der Waals surface area contributed by atoms with E-state index < -0.39 is 0 Å². The van der Waals surface area contributed by atoms with Crippen molar-refractivity contribution in [3.05, 3.63) is 29.6 Å². The minimum absolute atomic E-state index is 0.147. The van der Waals surface area contributed by atoms with E-state index in [9.17, 15) is 4.39 Å². The van der Waals surface area contributed by atoms with Crippen LogP contribution in [0.1, 0.15) is 45.2 Å². The molecule has 0 aromatic heterocycles. The number of benzene rings is 1. The number of hydrogen-bond acceptors (Lipinski definition) is 3. The molecule has 0 heterocycles. The van der Waals surface area contributed by atoms with Crippen LogP contribution in [0.4, 0.5) is 4.39 Å². The first-order chi connectivity index (χ1) is 9.95. The van der Waals surface area contributed by atoms with Crippen molar-refractivity contribution in [2.45, 2.75) is 45.7 Å². The lowest BCUT2D eigenvalue weighted by molar-refractivity contribution is 0.267. The maximum absolute atomic E-state index is 13.7. The lowest BCUT2D eigenvalue weighted by atomic mass is 10.1. The summed E-state index contributed by atoms with van der Waals surface area (Å²) in [5.74, 6) is -0.00937. The van der Waals surface area contributed by atoms with Crippen molar-refractivity contribution in [1.82, 2.24) is 10.2 Å². The van der Waals surface area contributed by atoms with Crippen molar-refractivity contribution in [3.8, 4) is 5.75 Å². The zero-order valence-corrected chi connectivity index (χ0v) is 13.9. The molecule has 0 saturated heterocycles. The van der Waals surface area contributed by atoms with Crippen molar-refractivity contribution >= 4 is 0 Å². The second-order valence-electron chi connectivity index (χ2n) is 5.85. The summed E-state index contributed by atoms with van der Waals surface area (Å²) < 4.78 is 18.6. The topological polar surface area (TPSA) is 24.5 Å². The third-order valence-corrected chi connectivity index (χ3v) is 3.95. The van der Waals surface area contributed by atoms with Gasteiger partial charge < -0.3 is 15.0 Å². The lowest BCUT2D eigenvalue weighted by Gasteiger charge is -2.21. The fraction of sp³-hybridized carbons (Fsp3) is 0.647. The van der Waals surface area contributed by atoms with Crippen LogP contribution in [0.5, 0.6) is 5.75 Å². The van der Waals surface area contributed by atoms with E-state index in [2.05, 4.69) is 38.0 Å². The first kappa shape index (κ1) is 17.9. The molecule has 0 amide bonds. The fourth-order valence-electron chi connectivity index (χ4n) is 2.13. The molecule has 0 radical (unpaired) electrons. The van der Waals surface area contributed by atoms with Gasteiger partial charge in [0, 0.05) is 12.1 Å². The van der Waals surface area contributed by atoms with Crippen molar-refractivity contribution in [2.75, 3.05) is 27.2 Å². The van der Waals surface area contributed by atoms with Crippen molar-refractivity contribution < 1.29 is 9.13 Å². The highest BCUT2D eigenvalue weighted by molar-refractivity contribution is 5.30. The Hall–Kier alpha value is -1.13. The van der Waals surface area contributed by atoms with Gasteiger partial charge in [0.15, 0.2) is 11.6 Å². The molecule has 21 heavy (non-hydrogen) atoms. The zero-order valence-electron chi connectivity index (χ0n) is 13.9. The Kier molecular flexibility index (Phi) is 7.68. The van der Waals surface area contributed by atoms with Crippen LogP contribution in [0.2, 0.25) is 0 Å². The van der Waals surface area contributed by atoms with Gasteiger partial charge in [-0.05, 0) is 71.4 Å². The molecule has 4 heteroatoms. The third kappa shape index (κ3) is 6.02. The molecule has 1 unspecified atom stereocenters. The van der Waals surface area contributed by atoms with Crippen LogP contribution in [0, 0.1) is 5.82 Å². The summed E-state index contributed by atoms with van der Waals surface area (Å²) in [5.41, 5.74) is 0.951. The molecule has 1 rings (SSSR count). The van der Waals surface area contributed by atoms with Crippen LogP contribution >= 0.6 is 0 Å². The van der Waals surface area contributed by atoms with Crippen molar-refractivity contribution in [1.29, 1.82) is 0 Å². The monoisotopic (exact) mass is 296 g/mol. The first-order valence-corrected chi connectivity index (χ1v) is 7.72. The second kappa shape index (κ2) is 9.00. The molecule has 1 atom stereocenters. The molecule has 0 spiro atoms. The van der Waals surface area contributed by atoms with Crippen LogP contribution in [-0.4, -0.2) is 38.2 Å². The average molecular weight is 296 g/mol. The van der Waals surface area contributed by atoms with Crippen LogP contribution in [0.25, 0.3) is 0 Å². The van der Waals surface area contributed by atoms with Gasteiger partial charge in [0.1, 0.15) is 0 Å². The Balaban J connectivity index is 2.31. The molecule has 0 saturated carbocycles. The van der Waals surface area contributed by atoms with Gasteiger partial charge in [-0.25, -0.2) is 4.39 Å². The van der Waals surface area contributed by atoms with Crippen LogP contribution in [0.15, 0.2) is 18.2 Å². The molecule has 1 N–H and O–H groups in total. The molecular formula is C17H29FN2O. The standard InChI is InChI=1S/C17H29FN2O/c1-13(2)20(4)11-7-6-10-19-14(3)15-8-9-17(21-5)16(18)12-15/h8-9,12-14,19H,6-7,10-11H2,1-5H3. The Morgan fingerprint density at radius 1 is 1.24 bits per heavy atom. The average Bonchev–Trinajstić information content (AvgIpc) is 2.46. The number of halogens is 1. The van der Waals surface area contributed by atoms with E-state index in [1.54, 1.807) is 12.1 Å². The molecule has 1 aromatic rings. The number of nitrogens with one attached hydrogen (secondary N) is 1. The second-order valence-corrected chi connectivity index (χ2v) is 5.85. The van der Waals surface area contributed by atoms with Crippen LogP contribution in [-0.2, 0) is 0 Å². The lowest BCUT2D eigenvalue weighted by Crippen LogP contribution is -2.28. The molecule has 0 aliphatic rings. The van der Waals surface area contributed by atoms with Crippen molar-refractivity contribution in [3.63, 3.8) is 0 Å². The number of unbranched alkanes of at least 4 members (excludes halogenated alkanes) is 1. The minimum Gasteiger partial charge on any atom is -0.494 e. The predicted octanol–water partition coefficient (Wildman–Crippen LogP) is 3.61. The Morgan fingerprint density at radius 2 is 1.95 bits per heavy atom. The summed E-state index contributed by atoms with van der Waals surface area (Å²) in [4.78, 5) is 2.35. The van der Waals surface area contributed by atoms with Gasteiger partial charge in [0.2, 0.25) is 0 Å². The van der Waals surface area contributed by atoms with Gasteiger partial charge in [0.25, 0.3) is 0 Å². The SMILES string of the molecule is COc1ccc(C(C)NCCCCN(C)C(C)C)cc1F. The molecule has 0 fully saturated rings. The molecular weight excluding hydrogens is 267 g/mol. The van der Waals surface area contributed by atoms with Gasteiger partial charge >= 0.3 is 0 Å². The molecule has 0 bridgehead atoms.